The Kier molecular flexibility index (Phi) is 1.83. The summed E-state index contributed by atoms with van der Waals surface area (Å²) in [6, 6.07) is 1.38. The molecule has 1 nitrogen and oxygen atoms in total. The largest absolute Gasteiger partial charge is 0.248 e. The molecule has 1 saturated heterocycles. The van der Waals surface area contributed by atoms with Crippen LogP contribution in [0.5, 0.6) is 0 Å². The molecule has 1 heterocycles. The van der Waals surface area contributed by atoms with Crippen LogP contribution in [0.4, 0.5) is 0 Å². The summed E-state index contributed by atoms with van der Waals surface area (Å²) in [5, 5.41) is 0. The molecule has 0 N–H and O–H groups in total. The van der Waals surface area contributed by atoms with E-state index in [0.717, 1.165) is 0 Å². The first-order valence-electron chi connectivity index (χ1n) is 3.19. The zero-order valence-electron chi connectivity index (χ0n) is 5.46. The van der Waals surface area contributed by atoms with Gasteiger partial charge in [-0.2, -0.15) is 0 Å². The lowest BCUT2D eigenvalue weighted by Crippen LogP contribution is -2.22. The van der Waals surface area contributed by atoms with E-state index in [1.165, 1.54) is 12.8 Å². The second-order valence-corrected chi connectivity index (χ2v) is 3.12. The molecule has 8 heavy (non-hydrogen) atoms. The highest BCUT2D eigenvalue weighted by Crippen LogP contribution is 2.24. The first-order chi connectivity index (χ1) is 3.72. The zero-order valence-corrected chi connectivity index (χ0v) is 6.36. The van der Waals surface area contributed by atoms with Crippen molar-refractivity contribution in [1.29, 1.82) is 0 Å². The predicted molar refractivity (Wildman–Crippen MR) is 39.0 cm³/mol. The molecular formula is C6H13NS. The molecule has 0 aliphatic carbocycles. The average molecular weight is 131 g/mol. The van der Waals surface area contributed by atoms with Crippen LogP contribution in [0.1, 0.15) is 26.7 Å². The topological polar surface area (TPSA) is 3.24 Å². The summed E-state index contributed by atoms with van der Waals surface area (Å²) >= 11 is 4.32. The van der Waals surface area contributed by atoms with Crippen LogP contribution >= 0.6 is 12.8 Å². The molecule has 0 bridgehead atoms. The second kappa shape index (κ2) is 2.28. The van der Waals surface area contributed by atoms with Crippen molar-refractivity contribution in [1.82, 2.24) is 4.31 Å². The fourth-order valence-corrected chi connectivity index (χ4v) is 1.41. The van der Waals surface area contributed by atoms with Gasteiger partial charge < -0.3 is 0 Å². The van der Waals surface area contributed by atoms with Crippen LogP contribution in [-0.4, -0.2) is 16.4 Å². The lowest BCUT2D eigenvalue weighted by atomic mass is 10.2. The summed E-state index contributed by atoms with van der Waals surface area (Å²) in [4.78, 5) is 0. The Morgan fingerprint density at radius 3 is 1.75 bits per heavy atom. The third-order valence-electron chi connectivity index (χ3n) is 1.91. The van der Waals surface area contributed by atoms with Gasteiger partial charge in [-0.15, -0.1) is 0 Å². The monoisotopic (exact) mass is 131 g/mol. The van der Waals surface area contributed by atoms with E-state index in [1.54, 1.807) is 0 Å². The molecule has 0 aromatic rings. The standard InChI is InChI=1S/C6H13NS/c1-5-3-4-6(2)7(5)8/h5-6,8H,3-4H2,1-2H3. The zero-order chi connectivity index (χ0) is 6.15. The minimum atomic E-state index is 0.688. The quantitative estimate of drug-likeness (QED) is 0.490. The Balaban J connectivity index is 2.44. The Hall–Kier alpha value is 0.310. The van der Waals surface area contributed by atoms with Crippen molar-refractivity contribution >= 4 is 12.8 Å². The molecular weight excluding hydrogens is 118 g/mol. The molecule has 1 aliphatic heterocycles. The highest BCUT2D eigenvalue weighted by Gasteiger charge is 2.23. The molecule has 1 fully saturated rings. The van der Waals surface area contributed by atoms with Gasteiger partial charge >= 0.3 is 0 Å². The van der Waals surface area contributed by atoms with Crippen LogP contribution in [0.3, 0.4) is 0 Å². The molecule has 2 atom stereocenters. The lowest BCUT2D eigenvalue weighted by molar-refractivity contribution is 0.399. The second-order valence-electron chi connectivity index (χ2n) is 2.66. The SMILES string of the molecule is CC1CCC(C)N1S. The molecule has 2 unspecified atom stereocenters. The molecule has 0 aromatic heterocycles. The van der Waals surface area contributed by atoms with Gasteiger partial charge in [-0.25, -0.2) is 4.31 Å². The Bertz CT molecular complexity index is 74.6. The lowest BCUT2D eigenvalue weighted by Gasteiger charge is -2.17. The van der Waals surface area contributed by atoms with Crippen molar-refractivity contribution in [2.75, 3.05) is 0 Å². The maximum atomic E-state index is 4.32. The van der Waals surface area contributed by atoms with E-state index < -0.39 is 0 Å². The minimum Gasteiger partial charge on any atom is -0.248 e. The summed E-state index contributed by atoms with van der Waals surface area (Å²) in [5.41, 5.74) is 0. The van der Waals surface area contributed by atoms with Gasteiger partial charge in [0.2, 0.25) is 0 Å². The number of hydrogen-bond acceptors (Lipinski definition) is 2. The number of nitrogens with zero attached hydrogens (tertiary/aromatic N) is 1. The van der Waals surface area contributed by atoms with Gasteiger partial charge in [0.25, 0.3) is 0 Å². The number of hydrogen-bond donors (Lipinski definition) is 1. The first-order valence-corrected chi connectivity index (χ1v) is 3.59. The molecule has 0 saturated carbocycles. The van der Waals surface area contributed by atoms with Crippen LogP contribution in [0.25, 0.3) is 0 Å². The van der Waals surface area contributed by atoms with Crippen molar-refractivity contribution in [3.05, 3.63) is 0 Å². The summed E-state index contributed by atoms with van der Waals surface area (Å²) in [6.07, 6.45) is 2.62. The predicted octanol–water partition coefficient (Wildman–Crippen LogP) is 1.70. The fourth-order valence-electron chi connectivity index (χ4n) is 1.18. The van der Waals surface area contributed by atoms with Crippen molar-refractivity contribution in [3.63, 3.8) is 0 Å². The summed E-state index contributed by atoms with van der Waals surface area (Å²) < 4.78 is 2.14. The van der Waals surface area contributed by atoms with Crippen LogP contribution in [0.2, 0.25) is 0 Å². The fraction of sp³-hybridized carbons (Fsp3) is 1.00. The first kappa shape index (κ1) is 6.43. The van der Waals surface area contributed by atoms with E-state index in [4.69, 9.17) is 0 Å². The van der Waals surface area contributed by atoms with Gasteiger partial charge in [-0.3, -0.25) is 0 Å². The van der Waals surface area contributed by atoms with E-state index in [1.807, 2.05) is 0 Å². The summed E-state index contributed by atoms with van der Waals surface area (Å²) in [7, 11) is 0. The van der Waals surface area contributed by atoms with Crippen molar-refractivity contribution < 1.29 is 0 Å². The maximum Gasteiger partial charge on any atom is 0.0175 e. The Morgan fingerprint density at radius 2 is 1.62 bits per heavy atom. The minimum absolute atomic E-state index is 0.688. The normalized spacial score (nSPS) is 40.9. The van der Waals surface area contributed by atoms with Gasteiger partial charge in [0.05, 0.1) is 0 Å². The summed E-state index contributed by atoms with van der Waals surface area (Å²) in [6.45, 7) is 4.44. The summed E-state index contributed by atoms with van der Waals surface area (Å²) in [5.74, 6) is 0. The number of rotatable bonds is 0. The van der Waals surface area contributed by atoms with E-state index in [2.05, 4.69) is 31.0 Å². The van der Waals surface area contributed by atoms with Gasteiger partial charge in [0.1, 0.15) is 0 Å². The van der Waals surface area contributed by atoms with Crippen LogP contribution in [0, 0.1) is 0 Å². The molecule has 48 valence electrons. The molecule has 0 radical (unpaired) electrons. The van der Waals surface area contributed by atoms with Crippen LogP contribution in [-0.2, 0) is 0 Å². The van der Waals surface area contributed by atoms with E-state index >= 15 is 0 Å². The van der Waals surface area contributed by atoms with Gasteiger partial charge in [0, 0.05) is 12.1 Å². The highest BCUT2D eigenvalue weighted by atomic mass is 32.1. The molecule has 1 aliphatic rings. The maximum absolute atomic E-state index is 4.32. The van der Waals surface area contributed by atoms with Crippen molar-refractivity contribution in [2.45, 2.75) is 38.8 Å². The average Bonchev–Trinajstić information content (AvgIpc) is 1.98. The van der Waals surface area contributed by atoms with E-state index in [-0.39, 0.29) is 0 Å². The van der Waals surface area contributed by atoms with E-state index in [0.29, 0.717) is 12.1 Å². The van der Waals surface area contributed by atoms with Gasteiger partial charge in [-0.1, -0.05) is 12.8 Å². The molecule has 2 heteroatoms. The van der Waals surface area contributed by atoms with Gasteiger partial charge in [-0.05, 0) is 26.7 Å². The third kappa shape index (κ3) is 1.00. The Labute approximate surface area is 56.6 Å². The van der Waals surface area contributed by atoms with Crippen LogP contribution < -0.4 is 0 Å². The molecule has 1 rings (SSSR count). The van der Waals surface area contributed by atoms with E-state index in [9.17, 15) is 0 Å². The molecule has 0 amide bonds. The number of thiol groups is 1. The third-order valence-corrected chi connectivity index (χ3v) is 2.69. The van der Waals surface area contributed by atoms with Gasteiger partial charge in [0.15, 0.2) is 0 Å². The molecule has 0 aromatic carbocycles. The highest BCUT2D eigenvalue weighted by molar-refractivity contribution is 7.77. The smallest absolute Gasteiger partial charge is 0.0175 e. The van der Waals surface area contributed by atoms with Crippen LogP contribution in [0.15, 0.2) is 0 Å². The van der Waals surface area contributed by atoms with Crippen molar-refractivity contribution in [3.8, 4) is 0 Å². The Morgan fingerprint density at radius 1 is 1.25 bits per heavy atom. The molecule has 0 spiro atoms. The van der Waals surface area contributed by atoms with Crippen molar-refractivity contribution in [2.24, 2.45) is 0 Å².